The van der Waals surface area contributed by atoms with E-state index in [9.17, 15) is 4.79 Å². The Labute approximate surface area is 104 Å². The maximum absolute atomic E-state index is 11.9. The van der Waals surface area contributed by atoms with Gasteiger partial charge in [0.15, 0.2) is 0 Å². The van der Waals surface area contributed by atoms with E-state index in [1.54, 1.807) is 17.6 Å². The number of amides is 1. The Morgan fingerprint density at radius 3 is 2.82 bits per heavy atom. The fourth-order valence-corrected chi connectivity index (χ4v) is 2.88. The summed E-state index contributed by atoms with van der Waals surface area (Å²) >= 11 is 1.59. The summed E-state index contributed by atoms with van der Waals surface area (Å²) in [6.07, 6.45) is 4.07. The molecular formula is C12H12N3OS. The highest BCUT2D eigenvalue weighted by atomic mass is 32.1. The lowest BCUT2D eigenvalue weighted by atomic mass is 10.1. The maximum Gasteiger partial charge on any atom is 0.298 e. The first kappa shape index (κ1) is 10.5. The number of carbonyl (C=O) groups excluding carboxylic acids is 1. The molecule has 1 radical (unpaired) electrons. The molecule has 2 aliphatic rings. The van der Waals surface area contributed by atoms with Gasteiger partial charge >= 0.3 is 0 Å². The van der Waals surface area contributed by atoms with Crippen LogP contribution in [0.25, 0.3) is 5.57 Å². The first-order valence-electron chi connectivity index (χ1n) is 5.66. The summed E-state index contributed by atoms with van der Waals surface area (Å²) in [4.78, 5) is 14.1. The summed E-state index contributed by atoms with van der Waals surface area (Å²) < 4.78 is 0. The van der Waals surface area contributed by atoms with E-state index >= 15 is 0 Å². The van der Waals surface area contributed by atoms with Crippen LogP contribution in [0.4, 0.5) is 0 Å². The van der Waals surface area contributed by atoms with Gasteiger partial charge in [0.1, 0.15) is 0 Å². The van der Waals surface area contributed by atoms with Crippen molar-refractivity contribution in [3.63, 3.8) is 0 Å². The Morgan fingerprint density at radius 1 is 1.29 bits per heavy atom. The van der Waals surface area contributed by atoms with Gasteiger partial charge in [-0.05, 0) is 29.7 Å². The molecule has 2 aliphatic heterocycles. The molecule has 1 aromatic heterocycles. The fraction of sp³-hybridized carbons (Fsp3) is 0.333. The number of carbonyl (C=O) groups is 1. The van der Waals surface area contributed by atoms with Gasteiger partial charge in [-0.25, -0.2) is 0 Å². The number of likely N-dealkylation sites (tertiary alicyclic amines) is 1. The lowest BCUT2D eigenvalue weighted by molar-refractivity contribution is -0.116. The molecule has 5 heteroatoms. The van der Waals surface area contributed by atoms with Crippen molar-refractivity contribution in [2.45, 2.75) is 12.8 Å². The van der Waals surface area contributed by atoms with Crippen molar-refractivity contribution in [3.05, 3.63) is 28.1 Å². The molecule has 0 atom stereocenters. The number of hydrogen-bond donors (Lipinski definition) is 0. The van der Waals surface area contributed by atoms with Crippen LogP contribution in [-0.4, -0.2) is 30.1 Å². The normalized spacial score (nSPS) is 20.0. The van der Waals surface area contributed by atoms with E-state index in [4.69, 9.17) is 0 Å². The van der Waals surface area contributed by atoms with Crippen LogP contribution < -0.4 is 5.43 Å². The van der Waals surface area contributed by atoms with E-state index in [1.165, 1.54) is 12.8 Å². The summed E-state index contributed by atoms with van der Waals surface area (Å²) in [6, 6.07) is 1.96. The Balaban J connectivity index is 2.07. The molecule has 1 aromatic rings. The molecule has 87 valence electrons. The van der Waals surface area contributed by atoms with E-state index in [0.29, 0.717) is 5.57 Å². The van der Waals surface area contributed by atoms with Crippen LogP contribution >= 0.6 is 11.3 Å². The molecule has 0 saturated carbocycles. The highest BCUT2D eigenvalue weighted by molar-refractivity contribution is 7.08. The van der Waals surface area contributed by atoms with E-state index in [2.05, 4.69) is 15.4 Å². The van der Waals surface area contributed by atoms with E-state index in [1.807, 2.05) is 16.8 Å². The SMILES string of the molecule is O=C1[N]N=CC(N2CCCC2)=C1c1ccsc1. The minimum absolute atomic E-state index is 0.229. The average Bonchev–Trinajstić information content (AvgIpc) is 3.02. The Kier molecular flexibility index (Phi) is 2.68. The Morgan fingerprint density at radius 2 is 2.12 bits per heavy atom. The first-order chi connectivity index (χ1) is 8.36. The van der Waals surface area contributed by atoms with Crippen molar-refractivity contribution in [1.82, 2.24) is 10.3 Å². The number of hydrogen-bond acceptors (Lipinski definition) is 4. The minimum atomic E-state index is -0.229. The lowest BCUT2D eigenvalue weighted by Crippen LogP contribution is -2.28. The summed E-state index contributed by atoms with van der Waals surface area (Å²) in [5.74, 6) is -0.229. The largest absolute Gasteiger partial charge is 0.370 e. The van der Waals surface area contributed by atoms with Gasteiger partial charge in [-0.15, -0.1) is 5.43 Å². The second kappa shape index (κ2) is 4.33. The monoisotopic (exact) mass is 246 g/mol. The number of rotatable bonds is 2. The molecule has 1 amide bonds. The molecule has 0 aliphatic carbocycles. The van der Waals surface area contributed by atoms with Gasteiger partial charge < -0.3 is 4.90 Å². The van der Waals surface area contributed by atoms with Gasteiger partial charge in [0, 0.05) is 18.7 Å². The summed E-state index contributed by atoms with van der Waals surface area (Å²) in [6.45, 7) is 2.00. The zero-order chi connectivity index (χ0) is 11.7. The molecule has 0 unspecified atom stereocenters. The molecule has 0 bridgehead atoms. The van der Waals surface area contributed by atoms with Crippen molar-refractivity contribution in [2.24, 2.45) is 5.10 Å². The van der Waals surface area contributed by atoms with Gasteiger partial charge in [-0.3, -0.25) is 4.79 Å². The molecule has 1 saturated heterocycles. The van der Waals surface area contributed by atoms with Crippen LogP contribution in [0, 0.1) is 0 Å². The molecule has 3 heterocycles. The number of nitrogens with zero attached hydrogens (tertiary/aromatic N) is 3. The van der Waals surface area contributed by atoms with Gasteiger partial charge in [-0.2, -0.15) is 16.4 Å². The van der Waals surface area contributed by atoms with Crippen molar-refractivity contribution >= 4 is 29.0 Å². The lowest BCUT2D eigenvalue weighted by Gasteiger charge is -2.22. The highest BCUT2D eigenvalue weighted by Crippen LogP contribution is 2.27. The van der Waals surface area contributed by atoms with Gasteiger partial charge in [-0.1, -0.05) is 0 Å². The van der Waals surface area contributed by atoms with Crippen molar-refractivity contribution in [3.8, 4) is 0 Å². The quantitative estimate of drug-likeness (QED) is 0.797. The smallest absolute Gasteiger partial charge is 0.298 e. The molecule has 4 nitrogen and oxygen atoms in total. The standard InChI is InChI=1S/C12H12N3OS/c16-12-11(9-3-6-17-8-9)10(7-13-14-12)15-4-1-2-5-15/h3,6-8H,1-2,4-5H2. The fourth-order valence-electron chi connectivity index (χ4n) is 2.24. The van der Waals surface area contributed by atoms with Crippen molar-refractivity contribution in [1.29, 1.82) is 0 Å². The van der Waals surface area contributed by atoms with Gasteiger partial charge in [0.25, 0.3) is 5.91 Å². The van der Waals surface area contributed by atoms with Crippen molar-refractivity contribution < 1.29 is 4.79 Å². The van der Waals surface area contributed by atoms with E-state index in [0.717, 1.165) is 24.4 Å². The van der Waals surface area contributed by atoms with Gasteiger partial charge in [0.05, 0.1) is 17.5 Å². The zero-order valence-electron chi connectivity index (χ0n) is 9.30. The van der Waals surface area contributed by atoms with Crippen LogP contribution in [0.15, 0.2) is 27.6 Å². The molecule has 3 rings (SSSR count). The number of allylic oxidation sites excluding steroid dienone is 1. The third kappa shape index (κ3) is 1.86. The predicted molar refractivity (Wildman–Crippen MR) is 67.7 cm³/mol. The third-order valence-electron chi connectivity index (χ3n) is 3.06. The molecular weight excluding hydrogens is 234 g/mol. The van der Waals surface area contributed by atoms with Crippen molar-refractivity contribution in [2.75, 3.05) is 13.1 Å². The maximum atomic E-state index is 11.9. The minimum Gasteiger partial charge on any atom is -0.370 e. The zero-order valence-corrected chi connectivity index (χ0v) is 10.1. The summed E-state index contributed by atoms with van der Waals surface area (Å²) in [7, 11) is 0. The highest BCUT2D eigenvalue weighted by Gasteiger charge is 2.26. The predicted octanol–water partition coefficient (Wildman–Crippen LogP) is 1.69. The summed E-state index contributed by atoms with van der Waals surface area (Å²) in [5.41, 5.74) is 6.22. The van der Waals surface area contributed by atoms with Crippen LogP contribution in [-0.2, 0) is 4.79 Å². The number of thiophene rings is 1. The molecule has 0 aromatic carbocycles. The third-order valence-corrected chi connectivity index (χ3v) is 3.74. The van der Waals surface area contributed by atoms with Crippen LogP contribution in [0.3, 0.4) is 0 Å². The molecule has 17 heavy (non-hydrogen) atoms. The van der Waals surface area contributed by atoms with E-state index < -0.39 is 0 Å². The van der Waals surface area contributed by atoms with Gasteiger partial charge in [0.2, 0.25) is 0 Å². The topological polar surface area (TPSA) is 46.8 Å². The van der Waals surface area contributed by atoms with Crippen LogP contribution in [0.2, 0.25) is 0 Å². The molecule has 1 fully saturated rings. The second-order valence-corrected chi connectivity index (χ2v) is 4.90. The molecule has 0 N–H and O–H groups in total. The summed E-state index contributed by atoms with van der Waals surface area (Å²) in [5, 5.41) is 7.76. The van der Waals surface area contributed by atoms with E-state index in [-0.39, 0.29) is 5.91 Å². The first-order valence-corrected chi connectivity index (χ1v) is 6.61. The Hall–Kier alpha value is -1.62. The van der Waals surface area contributed by atoms with Crippen LogP contribution in [0.5, 0.6) is 0 Å². The van der Waals surface area contributed by atoms with Crippen LogP contribution in [0.1, 0.15) is 18.4 Å². The molecule has 0 spiro atoms. The average molecular weight is 246 g/mol. The second-order valence-electron chi connectivity index (χ2n) is 4.12. The Bertz CT molecular complexity index is 484.